The van der Waals surface area contributed by atoms with Crippen LogP contribution in [0.5, 0.6) is 0 Å². The molecule has 0 fully saturated rings. The van der Waals surface area contributed by atoms with Crippen molar-refractivity contribution in [3.05, 3.63) is 27.2 Å². The molecule has 0 bridgehead atoms. The molecule has 0 aliphatic heterocycles. The second kappa shape index (κ2) is 4.54. The van der Waals surface area contributed by atoms with Crippen LogP contribution >= 0.6 is 22.7 Å². The molecule has 0 aromatic carbocycles. The lowest BCUT2D eigenvalue weighted by molar-refractivity contribution is 0.102. The Morgan fingerprint density at radius 1 is 1.35 bits per heavy atom. The van der Waals surface area contributed by atoms with Crippen LogP contribution in [0.4, 0.5) is 5.13 Å². The van der Waals surface area contributed by atoms with Gasteiger partial charge in [-0.3, -0.25) is 10.1 Å². The molecule has 1 amide bonds. The zero-order chi connectivity index (χ0) is 11.7. The lowest BCUT2D eigenvalue weighted by Gasteiger charge is -2.06. The van der Waals surface area contributed by atoms with Crippen LogP contribution < -0.4 is 5.32 Å². The fourth-order valence-corrected chi connectivity index (χ4v) is 3.47. The minimum absolute atomic E-state index is 0.169. The summed E-state index contributed by atoms with van der Waals surface area (Å²) in [5, 5.41) is 5.26. The monoisotopic (exact) mass is 265 g/mol. The molecule has 0 atom stereocenters. The summed E-state index contributed by atoms with van der Waals surface area (Å²) >= 11 is 3.01. The van der Waals surface area contributed by atoms with Crippen molar-refractivity contribution in [3.8, 4) is 0 Å². The number of fused-ring (bicyclic) bond motifs is 1. The van der Waals surface area contributed by atoms with Gasteiger partial charge in [-0.1, -0.05) is 0 Å². The van der Waals surface area contributed by atoms with E-state index in [4.69, 9.17) is 0 Å². The first-order chi connectivity index (χ1) is 8.33. The first kappa shape index (κ1) is 10.9. The Bertz CT molecular complexity index is 509. The number of carbonyl (C=O) groups excluding carboxylic acids is 1. The van der Waals surface area contributed by atoms with Gasteiger partial charge < -0.3 is 0 Å². The van der Waals surface area contributed by atoms with Crippen molar-refractivity contribution < 1.29 is 4.79 Å². The van der Waals surface area contributed by atoms with E-state index < -0.39 is 0 Å². The first-order valence-corrected chi connectivity index (χ1v) is 7.27. The van der Waals surface area contributed by atoms with E-state index in [1.54, 1.807) is 22.2 Å². The molecule has 0 saturated carbocycles. The number of rotatable bonds is 2. The average molecular weight is 265 g/mol. The van der Waals surface area contributed by atoms with E-state index in [1.807, 2.05) is 0 Å². The van der Waals surface area contributed by atoms with Crippen LogP contribution in [0, 0.1) is 0 Å². The number of aromatic nitrogens is 2. The van der Waals surface area contributed by atoms with Crippen molar-refractivity contribution in [1.29, 1.82) is 0 Å². The maximum atomic E-state index is 11.8. The molecule has 2 aromatic rings. The third kappa shape index (κ3) is 2.23. The van der Waals surface area contributed by atoms with E-state index in [1.165, 1.54) is 29.1 Å². The lowest BCUT2D eigenvalue weighted by Crippen LogP contribution is -2.11. The molecular weight excluding hydrogens is 254 g/mol. The standard InChI is InChI=1S/C11H11N3OS2/c15-10(8-5-16-6-12-8)14-11-13-7-3-1-2-4-9(7)17-11/h5-6H,1-4H2,(H,13,14,15). The van der Waals surface area contributed by atoms with Crippen molar-refractivity contribution in [1.82, 2.24) is 9.97 Å². The first-order valence-electron chi connectivity index (χ1n) is 5.51. The molecule has 17 heavy (non-hydrogen) atoms. The molecule has 1 aliphatic carbocycles. The number of thiazole rings is 2. The molecule has 1 aliphatic rings. The third-order valence-electron chi connectivity index (χ3n) is 2.73. The van der Waals surface area contributed by atoms with Gasteiger partial charge in [0.15, 0.2) is 5.13 Å². The van der Waals surface area contributed by atoms with E-state index in [9.17, 15) is 4.79 Å². The Morgan fingerprint density at radius 2 is 2.24 bits per heavy atom. The van der Waals surface area contributed by atoms with Gasteiger partial charge in [-0.25, -0.2) is 9.97 Å². The van der Waals surface area contributed by atoms with Crippen LogP contribution in [0.25, 0.3) is 0 Å². The van der Waals surface area contributed by atoms with E-state index >= 15 is 0 Å². The molecule has 0 radical (unpaired) electrons. The molecule has 6 heteroatoms. The van der Waals surface area contributed by atoms with Gasteiger partial charge in [-0.2, -0.15) is 0 Å². The molecule has 1 N–H and O–H groups in total. The molecule has 88 valence electrons. The summed E-state index contributed by atoms with van der Waals surface area (Å²) in [4.78, 5) is 21.6. The number of hydrogen-bond acceptors (Lipinski definition) is 5. The minimum Gasteiger partial charge on any atom is -0.296 e. The molecule has 0 spiro atoms. The average Bonchev–Trinajstić information content (AvgIpc) is 2.97. The van der Waals surface area contributed by atoms with Gasteiger partial charge in [-0.15, -0.1) is 22.7 Å². The lowest BCUT2D eigenvalue weighted by atomic mass is 10.0. The zero-order valence-corrected chi connectivity index (χ0v) is 10.7. The maximum Gasteiger partial charge on any atom is 0.276 e. The van der Waals surface area contributed by atoms with Crippen LogP contribution in [0.3, 0.4) is 0 Å². The Hall–Kier alpha value is -1.27. The van der Waals surface area contributed by atoms with Gasteiger partial charge in [-0.05, 0) is 25.7 Å². The van der Waals surface area contributed by atoms with Crippen LogP contribution in [-0.4, -0.2) is 15.9 Å². The van der Waals surface area contributed by atoms with Crippen LogP contribution in [-0.2, 0) is 12.8 Å². The Morgan fingerprint density at radius 3 is 3.00 bits per heavy atom. The largest absolute Gasteiger partial charge is 0.296 e. The topological polar surface area (TPSA) is 54.9 Å². The number of hydrogen-bond donors (Lipinski definition) is 1. The summed E-state index contributed by atoms with van der Waals surface area (Å²) in [6.45, 7) is 0. The van der Waals surface area contributed by atoms with Crippen LogP contribution in [0.15, 0.2) is 10.9 Å². The molecule has 0 unspecified atom stereocenters. The maximum absolute atomic E-state index is 11.8. The number of nitrogens with zero attached hydrogens (tertiary/aromatic N) is 2. The number of anilines is 1. The summed E-state index contributed by atoms with van der Waals surface area (Å²) in [6.07, 6.45) is 4.57. The fraction of sp³-hybridized carbons (Fsp3) is 0.364. The number of nitrogens with one attached hydrogen (secondary N) is 1. The van der Waals surface area contributed by atoms with Crippen molar-refractivity contribution >= 4 is 33.7 Å². The second-order valence-corrected chi connectivity index (χ2v) is 5.73. The Kier molecular flexibility index (Phi) is 2.90. The smallest absolute Gasteiger partial charge is 0.276 e. The summed E-state index contributed by atoms with van der Waals surface area (Å²) in [6, 6.07) is 0. The van der Waals surface area contributed by atoms with Gasteiger partial charge in [0.25, 0.3) is 5.91 Å². The van der Waals surface area contributed by atoms with Crippen LogP contribution in [0.1, 0.15) is 33.9 Å². The van der Waals surface area contributed by atoms with E-state index in [0.29, 0.717) is 10.8 Å². The predicted octanol–water partition coefficient (Wildman–Crippen LogP) is 2.73. The molecule has 4 nitrogen and oxygen atoms in total. The van der Waals surface area contributed by atoms with Crippen molar-refractivity contribution in [2.75, 3.05) is 5.32 Å². The molecule has 2 heterocycles. The van der Waals surface area contributed by atoms with E-state index in [-0.39, 0.29) is 5.91 Å². The highest BCUT2D eigenvalue weighted by Gasteiger charge is 2.17. The third-order valence-corrected chi connectivity index (χ3v) is 4.39. The summed E-state index contributed by atoms with van der Waals surface area (Å²) in [5.74, 6) is -0.169. The summed E-state index contributed by atoms with van der Waals surface area (Å²) in [5.41, 5.74) is 3.28. The minimum atomic E-state index is -0.169. The molecule has 0 saturated heterocycles. The van der Waals surface area contributed by atoms with Gasteiger partial charge in [0.1, 0.15) is 5.69 Å². The summed E-state index contributed by atoms with van der Waals surface area (Å²) < 4.78 is 0. The zero-order valence-electron chi connectivity index (χ0n) is 9.10. The van der Waals surface area contributed by atoms with Crippen molar-refractivity contribution in [2.24, 2.45) is 0 Å². The second-order valence-electron chi connectivity index (χ2n) is 3.92. The van der Waals surface area contributed by atoms with Gasteiger partial charge in [0.05, 0.1) is 11.2 Å². The van der Waals surface area contributed by atoms with E-state index in [2.05, 4.69) is 15.3 Å². The highest BCUT2D eigenvalue weighted by Crippen LogP contribution is 2.29. The Labute approximate surface area is 107 Å². The SMILES string of the molecule is O=C(Nc1nc2c(s1)CCCC2)c1cscn1. The predicted molar refractivity (Wildman–Crippen MR) is 68.8 cm³/mol. The highest BCUT2D eigenvalue weighted by molar-refractivity contribution is 7.16. The molecule has 3 rings (SSSR count). The van der Waals surface area contributed by atoms with Crippen molar-refractivity contribution in [2.45, 2.75) is 25.7 Å². The number of aryl methyl sites for hydroxylation is 2. The number of carbonyl (C=O) groups is 1. The van der Waals surface area contributed by atoms with E-state index in [0.717, 1.165) is 18.5 Å². The fourth-order valence-electron chi connectivity index (χ4n) is 1.89. The van der Waals surface area contributed by atoms with Gasteiger partial charge in [0.2, 0.25) is 0 Å². The highest BCUT2D eigenvalue weighted by atomic mass is 32.1. The van der Waals surface area contributed by atoms with Gasteiger partial charge in [0, 0.05) is 10.3 Å². The van der Waals surface area contributed by atoms with Crippen molar-refractivity contribution in [3.63, 3.8) is 0 Å². The van der Waals surface area contributed by atoms with Crippen LogP contribution in [0.2, 0.25) is 0 Å². The normalized spacial score (nSPS) is 14.4. The summed E-state index contributed by atoms with van der Waals surface area (Å²) in [7, 11) is 0. The number of amides is 1. The quantitative estimate of drug-likeness (QED) is 0.908. The molecule has 2 aromatic heterocycles. The molecular formula is C11H11N3OS2. The Balaban J connectivity index is 1.77. The van der Waals surface area contributed by atoms with Gasteiger partial charge >= 0.3 is 0 Å².